The molecule has 0 aliphatic carbocycles. The Hall–Kier alpha value is -1.25. The number of rotatable bonds is 1. The van der Waals surface area contributed by atoms with Crippen LogP contribution in [0.25, 0.3) is 0 Å². The molecule has 9 heavy (non-hydrogen) atoms. The topological polar surface area (TPSA) is 46.5 Å². The van der Waals surface area contributed by atoms with Gasteiger partial charge >= 0.3 is 5.97 Å². The maximum absolute atomic E-state index is 9.96. The second-order valence-corrected chi connectivity index (χ2v) is 1.60. The SMILES string of the molecule is O=C(O)C=C1C=CCO1. The molecule has 3 heteroatoms. The van der Waals surface area contributed by atoms with Crippen molar-refractivity contribution in [2.45, 2.75) is 0 Å². The highest BCUT2D eigenvalue weighted by molar-refractivity contribution is 5.80. The Morgan fingerprint density at radius 1 is 1.89 bits per heavy atom. The highest BCUT2D eigenvalue weighted by Gasteiger charge is 2.00. The predicted molar refractivity (Wildman–Crippen MR) is 30.8 cm³/mol. The molecule has 1 rings (SSSR count). The Balaban J connectivity index is 2.61. The Labute approximate surface area is 52.2 Å². The highest BCUT2D eigenvalue weighted by Crippen LogP contribution is 2.05. The lowest BCUT2D eigenvalue weighted by Gasteiger charge is -1.92. The van der Waals surface area contributed by atoms with Gasteiger partial charge in [-0.15, -0.1) is 0 Å². The van der Waals surface area contributed by atoms with Crippen LogP contribution in [0.1, 0.15) is 0 Å². The van der Waals surface area contributed by atoms with Crippen molar-refractivity contribution < 1.29 is 14.6 Å². The van der Waals surface area contributed by atoms with E-state index in [-0.39, 0.29) is 0 Å². The minimum absolute atomic E-state index is 0.419. The number of hydrogen-bond acceptors (Lipinski definition) is 2. The second kappa shape index (κ2) is 2.35. The number of carboxylic acids is 1. The van der Waals surface area contributed by atoms with Crippen LogP contribution in [-0.4, -0.2) is 17.7 Å². The molecular formula is C6H6O3. The van der Waals surface area contributed by atoms with Gasteiger partial charge in [0.1, 0.15) is 12.4 Å². The molecule has 0 bridgehead atoms. The smallest absolute Gasteiger partial charge is 0.332 e. The van der Waals surface area contributed by atoms with Crippen LogP contribution in [0.5, 0.6) is 0 Å². The van der Waals surface area contributed by atoms with E-state index in [1.165, 1.54) is 0 Å². The van der Waals surface area contributed by atoms with E-state index in [1.807, 2.05) is 0 Å². The lowest BCUT2D eigenvalue weighted by Crippen LogP contribution is -1.90. The van der Waals surface area contributed by atoms with E-state index in [0.717, 1.165) is 6.08 Å². The molecule has 0 atom stereocenters. The largest absolute Gasteiger partial charge is 0.489 e. The minimum Gasteiger partial charge on any atom is -0.489 e. The van der Waals surface area contributed by atoms with Gasteiger partial charge in [0.15, 0.2) is 0 Å². The molecule has 0 radical (unpaired) electrons. The summed E-state index contributed by atoms with van der Waals surface area (Å²) in [6.07, 6.45) is 4.42. The van der Waals surface area contributed by atoms with Crippen LogP contribution >= 0.6 is 0 Å². The van der Waals surface area contributed by atoms with Gasteiger partial charge in [0.2, 0.25) is 0 Å². The zero-order valence-corrected chi connectivity index (χ0v) is 4.70. The first-order valence-electron chi connectivity index (χ1n) is 2.53. The van der Waals surface area contributed by atoms with Gasteiger partial charge in [0, 0.05) is 0 Å². The van der Waals surface area contributed by atoms with Crippen LogP contribution < -0.4 is 0 Å². The molecule has 0 aromatic heterocycles. The van der Waals surface area contributed by atoms with Crippen molar-refractivity contribution in [2.75, 3.05) is 6.61 Å². The fourth-order valence-electron chi connectivity index (χ4n) is 0.568. The molecular weight excluding hydrogens is 120 g/mol. The summed E-state index contributed by atoms with van der Waals surface area (Å²) in [5.41, 5.74) is 0. The number of aliphatic carboxylic acids is 1. The van der Waals surface area contributed by atoms with Gasteiger partial charge in [-0.3, -0.25) is 0 Å². The second-order valence-electron chi connectivity index (χ2n) is 1.60. The average molecular weight is 126 g/mol. The van der Waals surface area contributed by atoms with Crippen molar-refractivity contribution in [3.05, 3.63) is 24.0 Å². The molecule has 48 valence electrons. The molecule has 0 saturated carbocycles. The number of ether oxygens (including phenoxy) is 1. The number of carbonyl (C=O) groups is 1. The normalized spacial score (nSPS) is 20.2. The standard InChI is InChI=1S/C6H6O3/c7-6(8)4-5-2-1-3-9-5/h1-2,4H,3H2,(H,7,8). The molecule has 0 aromatic rings. The summed E-state index contributed by atoms with van der Waals surface area (Å²) in [5.74, 6) is -0.556. The maximum Gasteiger partial charge on any atom is 0.332 e. The first kappa shape index (κ1) is 5.88. The summed E-state index contributed by atoms with van der Waals surface area (Å²) >= 11 is 0. The first-order valence-corrected chi connectivity index (χ1v) is 2.53. The van der Waals surface area contributed by atoms with Crippen LogP contribution in [0.4, 0.5) is 0 Å². The monoisotopic (exact) mass is 126 g/mol. The van der Waals surface area contributed by atoms with Gasteiger partial charge in [0.05, 0.1) is 6.08 Å². The Kier molecular flexibility index (Phi) is 1.53. The number of hydrogen-bond donors (Lipinski definition) is 1. The van der Waals surface area contributed by atoms with Gasteiger partial charge in [0.25, 0.3) is 0 Å². The Bertz CT molecular complexity index is 179. The lowest BCUT2D eigenvalue weighted by molar-refractivity contribution is -0.131. The Morgan fingerprint density at radius 2 is 2.67 bits per heavy atom. The zero-order chi connectivity index (χ0) is 6.69. The summed E-state index contributed by atoms with van der Waals surface area (Å²) in [5, 5.41) is 8.18. The van der Waals surface area contributed by atoms with E-state index in [0.29, 0.717) is 12.4 Å². The highest BCUT2D eigenvalue weighted by atomic mass is 16.5. The maximum atomic E-state index is 9.96. The molecule has 1 aliphatic rings. The fraction of sp³-hybridized carbons (Fsp3) is 0.167. The van der Waals surface area contributed by atoms with Gasteiger partial charge in [-0.1, -0.05) is 0 Å². The van der Waals surface area contributed by atoms with Crippen LogP contribution in [0, 0.1) is 0 Å². The minimum atomic E-state index is -0.975. The van der Waals surface area contributed by atoms with Crippen molar-refractivity contribution in [1.29, 1.82) is 0 Å². The molecule has 0 spiro atoms. The van der Waals surface area contributed by atoms with Gasteiger partial charge in [-0.2, -0.15) is 0 Å². The zero-order valence-electron chi connectivity index (χ0n) is 4.70. The molecule has 1 aliphatic heterocycles. The van der Waals surface area contributed by atoms with Crippen LogP contribution in [0.15, 0.2) is 24.0 Å². The molecule has 1 heterocycles. The van der Waals surface area contributed by atoms with Crippen LogP contribution in [-0.2, 0) is 9.53 Å². The fourth-order valence-corrected chi connectivity index (χ4v) is 0.568. The molecule has 0 aromatic carbocycles. The van der Waals surface area contributed by atoms with Crippen molar-refractivity contribution in [3.63, 3.8) is 0 Å². The van der Waals surface area contributed by atoms with Crippen LogP contribution in [0.3, 0.4) is 0 Å². The van der Waals surface area contributed by atoms with Gasteiger partial charge < -0.3 is 9.84 Å². The average Bonchev–Trinajstić information content (AvgIpc) is 2.15. The summed E-state index contributed by atoms with van der Waals surface area (Å²) in [7, 11) is 0. The predicted octanol–water partition coefficient (Wildman–Crippen LogP) is 0.541. The van der Waals surface area contributed by atoms with E-state index in [4.69, 9.17) is 9.84 Å². The summed E-state index contributed by atoms with van der Waals surface area (Å²) in [6, 6.07) is 0. The molecule has 0 amide bonds. The number of carboxylic acid groups (broad SMARTS) is 1. The van der Waals surface area contributed by atoms with Gasteiger partial charge in [-0.05, 0) is 12.2 Å². The number of allylic oxidation sites excluding steroid dienone is 1. The molecule has 0 fully saturated rings. The first-order chi connectivity index (χ1) is 4.29. The summed E-state index contributed by atoms with van der Waals surface area (Å²) in [4.78, 5) is 9.96. The van der Waals surface area contributed by atoms with Crippen molar-refractivity contribution >= 4 is 5.97 Å². The van der Waals surface area contributed by atoms with E-state index in [9.17, 15) is 4.79 Å². The van der Waals surface area contributed by atoms with E-state index in [2.05, 4.69) is 0 Å². The Morgan fingerprint density at radius 3 is 3.11 bits per heavy atom. The third-order valence-electron chi connectivity index (χ3n) is 0.894. The third-order valence-corrected chi connectivity index (χ3v) is 0.894. The van der Waals surface area contributed by atoms with Crippen molar-refractivity contribution in [1.82, 2.24) is 0 Å². The van der Waals surface area contributed by atoms with E-state index < -0.39 is 5.97 Å². The van der Waals surface area contributed by atoms with E-state index in [1.54, 1.807) is 12.2 Å². The van der Waals surface area contributed by atoms with Gasteiger partial charge in [-0.25, -0.2) is 4.79 Å². The lowest BCUT2D eigenvalue weighted by atomic mass is 10.4. The van der Waals surface area contributed by atoms with E-state index >= 15 is 0 Å². The van der Waals surface area contributed by atoms with Crippen LogP contribution in [0.2, 0.25) is 0 Å². The molecule has 3 nitrogen and oxygen atoms in total. The van der Waals surface area contributed by atoms with Crippen molar-refractivity contribution in [3.8, 4) is 0 Å². The summed E-state index contributed by atoms with van der Waals surface area (Å²) in [6.45, 7) is 0.485. The molecule has 0 saturated heterocycles. The molecule has 0 unspecified atom stereocenters. The van der Waals surface area contributed by atoms with Crippen molar-refractivity contribution in [2.24, 2.45) is 0 Å². The molecule has 1 N–H and O–H groups in total. The summed E-state index contributed by atoms with van der Waals surface area (Å²) < 4.78 is 4.83. The quantitative estimate of drug-likeness (QED) is 0.521. The third kappa shape index (κ3) is 1.60.